The van der Waals surface area contributed by atoms with Crippen LogP contribution in [0.25, 0.3) is 0 Å². The Bertz CT molecular complexity index is 142. The van der Waals surface area contributed by atoms with Gasteiger partial charge in [0.15, 0.2) is 0 Å². The van der Waals surface area contributed by atoms with Crippen molar-refractivity contribution >= 4 is 11.9 Å². The first-order valence-corrected chi connectivity index (χ1v) is 2.09. The molecule has 1 saturated heterocycles. The van der Waals surface area contributed by atoms with Crippen molar-refractivity contribution < 1.29 is 18.7 Å². The predicted octanol–water partition coefficient (Wildman–Crippen LogP) is -0.202. The van der Waals surface area contributed by atoms with E-state index in [2.05, 4.69) is 4.74 Å². The number of hydrogen-bond acceptors (Lipinski definition) is 3. The average Bonchev–Trinajstić information content (AvgIpc) is 1.85. The summed E-state index contributed by atoms with van der Waals surface area (Å²) in [6, 6.07) is 0. The van der Waals surface area contributed by atoms with Gasteiger partial charge in [0.2, 0.25) is 6.17 Å². The largest absolute Gasteiger partial charge is 0.391 e. The molecule has 3 nitrogen and oxygen atoms in total. The summed E-state index contributed by atoms with van der Waals surface area (Å²) in [6.07, 6.45) is -2.14. The van der Waals surface area contributed by atoms with Gasteiger partial charge in [0.05, 0.1) is 6.42 Å². The van der Waals surface area contributed by atoms with Crippen LogP contribution in [-0.4, -0.2) is 18.1 Å². The number of cyclic esters (lactones) is 2. The molecule has 0 N–H and O–H groups in total. The summed E-state index contributed by atoms with van der Waals surface area (Å²) in [5.74, 6) is -1.84. The molecule has 1 atom stereocenters. The number of halogens is 1. The fourth-order valence-electron chi connectivity index (χ4n) is 0.447. The molecular weight excluding hydrogens is 115 g/mol. The second kappa shape index (κ2) is 1.54. The molecule has 4 heteroatoms. The van der Waals surface area contributed by atoms with Crippen molar-refractivity contribution in [1.82, 2.24) is 0 Å². The summed E-state index contributed by atoms with van der Waals surface area (Å²) in [7, 11) is 0. The third-order valence-electron chi connectivity index (χ3n) is 0.816. The zero-order valence-corrected chi connectivity index (χ0v) is 3.89. The molecule has 1 heterocycles. The summed E-state index contributed by atoms with van der Waals surface area (Å²) in [6.45, 7) is 0. The van der Waals surface area contributed by atoms with Crippen molar-refractivity contribution in [3.63, 3.8) is 0 Å². The van der Waals surface area contributed by atoms with E-state index in [4.69, 9.17) is 0 Å². The van der Waals surface area contributed by atoms with E-state index in [0.717, 1.165) is 0 Å². The number of carbonyl (C=O) groups excluding carboxylic acids is 2. The molecule has 8 heavy (non-hydrogen) atoms. The minimum atomic E-state index is -1.72. The van der Waals surface area contributed by atoms with Crippen LogP contribution in [0.1, 0.15) is 6.42 Å². The topological polar surface area (TPSA) is 43.4 Å². The molecule has 0 saturated carbocycles. The maximum atomic E-state index is 11.9. The zero-order chi connectivity index (χ0) is 6.15. The Kier molecular flexibility index (Phi) is 1.00. The highest BCUT2D eigenvalue weighted by atomic mass is 19.1. The van der Waals surface area contributed by atoms with Gasteiger partial charge in [-0.25, -0.2) is 9.18 Å². The molecule has 0 aromatic heterocycles. The van der Waals surface area contributed by atoms with Crippen LogP contribution < -0.4 is 0 Å². The molecule has 1 aliphatic heterocycles. The minimum absolute atomic E-state index is 0.418. The SMILES string of the molecule is O=C1CC(F)C(=O)O1. The molecule has 0 aliphatic carbocycles. The normalized spacial score (nSPS) is 28.4. The molecule has 1 rings (SSSR count). The van der Waals surface area contributed by atoms with E-state index in [1.165, 1.54) is 0 Å². The number of rotatable bonds is 0. The van der Waals surface area contributed by atoms with Gasteiger partial charge in [-0.15, -0.1) is 0 Å². The number of alkyl halides is 1. The van der Waals surface area contributed by atoms with E-state index in [-0.39, 0.29) is 0 Å². The van der Waals surface area contributed by atoms with Crippen LogP contribution >= 0.6 is 0 Å². The van der Waals surface area contributed by atoms with Gasteiger partial charge in [0.25, 0.3) is 0 Å². The number of ether oxygens (including phenoxy) is 1. The Balaban J connectivity index is 2.64. The minimum Gasteiger partial charge on any atom is -0.391 e. The fraction of sp³-hybridized carbons (Fsp3) is 0.500. The Hall–Kier alpha value is -0.930. The average molecular weight is 118 g/mol. The summed E-state index contributed by atoms with van der Waals surface area (Å²) in [4.78, 5) is 19.9. The van der Waals surface area contributed by atoms with Gasteiger partial charge in [0.1, 0.15) is 0 Å². The van der Waals surface area contributed by atoms with E-state index in [9.17, 15) is 14.0 Å². The Labute approximate surface area is 44.4 Å². The lowest BCUT2D eigenvalue weighted by Gasteiger charge is -1.83. The molecule has 0 bridgehead atoms. The molecule has 0 aromatic rings. The van der Waals surface area contributed by atoms with Gasteiger partial charge in [-0.1, -0.05) is 0 Å². The first kappa shape index (κ1) is 5.21. The van der Waals surface area contributed by atoms with Gasteiger partial charge < -0.3 is 4.74 Å². The highest BCUT2D eigenvalue weighted by Crippen LogP contribution is 2.10. The Morgan fingerprint density at radius 1 is 1.62 bits per heavy atom. The molecule has 0 radical (unpaired) electrons. The lowest BCUT2D eigenvalue weighted by Crippen LogP contribution is -2.06. The van der Waals surface area contributed by atoms with E-state index in [1.54, 1.807) is 0 Å². The van der Waals surface area contributed by atoms with Crippen LogP contribution in [-0.2, 0) is 14.3 Å². The maximum absolute atomic E-state index is 11.9. The number of hydrogen-bond donors (Lipinski definition) is 0. The Morgan fingerprint density at radius 3 is 2.38 bits per heavy atom. The summed E-state index contributed by atoms with van der Waals surface area (Å²) >= 11 is 0. The highest BCUT2D eigenvalue weighted by Gasteiger charge is 2.32. The fourth-order valence-corrected chi connectivity index (χ4v) is 0.447. The van der Waals surface area contributed by atoms with Crippen molar-refractivity contribution in [2.75, 3.05) is 0 Å². The van der Waals surface area contributed by atoms with Crippen molar-refractivity contribution in [2.24, 2.45) is 0 Å². The first-order valence-electron chi connectivity index (χ1n) is 2.09. The predicted molar refractivity (Wildman–Crippen MR) is 20.6 cm³/mol. The maximum Gasteiger partial charge on any atom is 0.348 e. The summed E-state index contributed by atoms with van der Waals surface area (Å²) in [5, 5.41) is 0. The highest BCUT2D eigenvalue weighted by molar-refractivity contribution is 5.96. The lowest BCUT2D eigenvalue weighted by molar-refractivity contribution is -0.153. The molecule has 0 spiro atoms. The number of esters is 2. The standard InChI is InChI=1S/C4H3FO3/c5-2-1-3(6)8-4(2)7/h2H,1H2. The molecular formula is C4H3FO3. The van der Waals surface area contributed by atoms with Crippen LogP contribution in [0.2, 0.25) is 0 Å². The van der Waals surface area contributed by atoms with Crippen LogP contribution in [0.4, 0.5) is 4.39 Å². The van der Waals surface area contributed by atoms with E-state index >= 15 is 0 Å². The van der Waals surface area contributed by atoms with Crippen molar-refractivity contribution in [3.05, 3.63) is 0 Å². The monoisotopic (exact) mass is 118 g/mol. The van der Waals surface area contributed by atoms with Gasteiger partial charge in [-0.3, -0.25) is 4.79 Å². The third-order valence-corrected chi connectivity index (χ3v) is 0.816. The smallest absolute Gasteiger partial charge is 0.348 e. The molecule has 44 valence electrons. The van der Waals surface area contributed by atoms with E-state index < -0.39 is 24.5 Å². The summed E-state index contributed by atoms with van der Waals surface area (Å²) < 4.78 is 15.7. The van der Waals surface area contributed by atoms with E-state index in [1.807, 2.05) is 0 Å². The van der Waals surface area contributed by atoms with Crippen molar-refractivity contribution in [3.8, 4) is 0 Å². The first-order chi connectivity index (χ1) is 3.70. The molecule has 1 aliphatic rings. The van der Waals surface area contributed by atoms with Gasteiger partial charge in [-0.2, -0.15) is 0 Å². The van der Waals surface area contributed by atoms with Crippen LogP contribution in [0, 0.1) is 0 Å². The lowest BCUT2D eigenvalue weighted by atomic mass is 10.3. The summed E-state index contributed by atoms with van der Waals surface area (Å²) in [5.41, 5.74) is 0. The molecule has 0 amide bonds. The second-order valence-electron chi connectivity index (χ2n) is 1.46. The van der Waals surface area contributed by atoms with Gasteiger partial charge in [-0.05, 0) is 0 Å². The van der Waals surface area contributed by atoms with Crippen molar-refractivity contribution in [2.45, 2.75) is 12.6 Å². The van der Waals surface area contributed by atoms with Crippen LogP contribution in [0.15, 0.2) is 0 Å². The van der Waals surface area contributed by atoms with Crippen LogP contribution in [0.3, 0.4) is 0 Å². The molecule has 1 fully saturated rings. The van der Waals surface area contributed by atoms with E-state index in [0.29, 0.717) is 0 Å². The number of carbonyl (C=O) groups is 2. The van der Waals surface area contributed by atoms with Gasteiger partial charge in [0, 0.05) is 0 Å². The molecule has 0 aromatic carbocycles. The quantitative estimate of drug-likeness (QED) is 0.326. The van der Waals surface area contributed by atoms with Crippen molar-refractivity contribution in [1.29, 1.82) is 0 Å². The zero-order valence-electron chi connectivity index (χ0n) is 3.89. The third kappa shape index (κ3) is 0.685. The second-order valence-corrected chi connectivity index (χ2v) is 1.46. The molecule has 1 unspecified atom stereocenters. The Morgan fingerprint density at radius 2 is 2.25 bits per heavy atom. The van der Waals surface area contributed by atoms with Crippen LogP contribution in [0.5, 0.6) is 0 Å². The van der Waals surface area contributed by atoms with Gasteiger partial charge >= 0.3 is 11.9 Å².